The summed E-state index contributed by atoms with van der Waals surface area (Å²) in [6.45, 7) is 3.95. The fourth-order valence-corrected chi connectivity index (χ4v) is 3.26. The van der Waals surface area contributed by atoms with Gasteiger partial charge in [-0.2, -0.15) is 0 Å². The number of benzene rings is 2. The van der Waals surface area contributed by atoms with E-state index >= 15 is 0 Å². The molecule has 0 aliphatic carbocycles. The SMILES string of the molecule is Cc1ccc(Cl)cc1NC(=O)CSc1nncn1-c1ccccc1C. The normalized spacial score (nSPS) is 10.7. The van der Waals surface area contributed by atoms with Gasteiger partial charge >= 0.3 is 0 Å². The lowest BCUT2D eigenvalue weighted by Gasteiger charge is -2.10. The van der Waals surface area contributed by atoms with E-state index in [4.69, 9.17) is 11.6 Å². The number of anilines is 1. The van der Waals surface area contributed by atoms with Gasteiger partial charge in [0.25, 0.3) is 0 Å². The lowest BCUT2D eigenvalue weighted by molar-refractivity contribution is -0.113. The summed E-state index contributed by atoms with van der Waals surface area (Å²) in [6.07, 6.45) is 1.66. The molecule has 0 aliphatic rings. The van der Waals surface area contributed by atoms with Crippen molar-refractivity contribution in [2.24, 2.45) is 0 Å². The fraction of sp³-hybridized carbons (Fsp3) is 0.167. The number of rotatable bonds is 5. The Hall–Kier alpha value is -2.31. The van der Waals surface area contributed by atoms with E-state index in [0.29, 0.717) is 10.2 Å². The molecule has 1 heterocycles. The first-order chi connectivity index (χ1) is 12.0. The average molecular weight is 373 g/mol. The molecule has 1 amide bonds. The number of carbonyl (C=O) groups is 1. The smallest absolute Gasteiger partial charge is 0.234 e. The summed E-state index contributed by atoms with van der Waals surface area (Å²) in [4.78, 5) is 12.3. The predicted molar refractivity (Wildman–Crippen MR) is 102 cm³/mol. The van der Waals surface area contributed by atoms with E-state index in [9.17, 15) is 4.79 Å². The minimum Gasteiger partial charge on any atom is -0.325 e. The number of carbonyl (C=O) groups excluding carboxylic acids is 1. The molecule has 0 saturated carbocycles. The number of nitrogens with one attached hydrogen (secondary N) is 1. The largest absolute Gasteiger partial charge is 0.325 e. The highest BCUT2D eigenvalue weighted by molar-refractivity contribution is 7.99. The van der Waals surface area contributed by atoms with Crippen molar-refractivity contribution in [1.29, 1.82) is 0 Å². The van der Waals surface area contributed by atoms with Crippen LogP contribution in [0.15, 0.2) is 53.9 Å². The van der Waals surface area contributed by atoms with E-state index in [0.717, 1.165) is 22.5 Å². The van der Waals surface area contributed by atoms with Crippen LogP contribution in [0, 0.1) is 13.8 Å². The van der Waals surface area contributed by atoms with Crippen LogP contribution in [0.1, 0.15) is 11.1 Å². The fourth-order valence-electron chi connectivity index (χ4n) is 2.37. The van der Waals surface area contributed by atoms with Gasteiger partial charge in [0.15, 0.2) is 5.16 Å². The van der Waals surface area contributed by atoms with Crippen molar-refractivity contribution < 1.29 is 4.79 Å². The van der Waals surface area contributed by atoms with Crippen LogP contribution in [0.2, 0.25) is 5.02 Å². The Morgan fingerprint density at radius 3 is 2.80 bits per heavy atom. The molecule has 0 saturated heterocycles. The average Bonchev–Trinajstić information content (AvgIpc) is 3.05. The Morgan fingerprint density at radius 1 is 1.20 bits per heavy atom. The van der Waals surface area contributed by atoms with E-state index in [1.165, 1.54) is 11.8 Å². The van der Waals surface area contributed by atoms with Crippen LogP contribution in [0.25, 0.3) is 5.69 Å². The zero-order chi connectivity index (χ0) is 17.8. The Bertz CT molecular complexity index is 910. The second-order valence-corrected chi connectivity index (χ2v) is 6.95. The summed E-state index contributed by atoms with van der Waals surface area (Å²) < 4.78 is 1.89. The molecular formula is C18H17ClN4OS. The van der Waals surface area contributed by atoms with Gasteiger partial charge in [-0.15, -0.1) is 10.2 Å². The van der Waals surface area contributed by atoms with Gasteiger partial charge in [-0.25, -0.2) is 0 Å². The maximum Gasteiger partial charge on any atom is 0.234 e. The summed E-state index contributed by atoms with van der Waals surface area (Å²) in [5.41, 5.74) is 3.80. The number of nitrogens with zero attached hydrogens (tertiary/aromatic N) is 3. The minimum absolute atomic E-state index is 0.116. The predicted octanol–water partition coefficient (Wildman–Crippen LogP) is 4.27. The third-order valence-electron chi connectivity index (χ3n) is 3.70. The first kappa shape index (κ1) is 17.5. The zero-order valence-corrected chi connectivity index (χ0v) is 15.4. The number of para-hydroxylation sites is 1. The molecule has 3 aromatic rings. The van der Waals surface area contributed by atoms with Crippen LogP contribution < -0.4 is 5.32 Å². The first-order valence-corrected chi connectivity index (χ1v) is 9.06. The second kappa shape index (κ2) is 7.72. The topological polar surface area (TPSA) is 59.8 Å². The summed E-state index contributed by atoms with van der Waals surface area (Å²) in [7, 11) is 0. The molecule has 0 atom stereocenters. The highest BCUT2D eigenvalue weighted by atomic mass is 35.5. The third-order valence-corrected chi connectivity index (χ3v) is 4.88. The number of hydrogen-bond donors (Lipinski definition) is 1. The summed E-state index contributed by atoms with van der Waals surface area (Å²) in [5, 5.41) is 12.2. The summed E-state index contributed by atoms with van der Waals surface area (Å²) in [6, 6.07) is 13.4. The Kier molecular flexibility index (Phi) is 5.40. The molecular weight excluding hydrogens is 356 g/mol. The van der Waals surface area contributed by atoms with Crippen molar-refractivity contribution in [2.75, 3.05) is 11.1 Å². The number of aromatic nitrogens is 3. The summed E-state index contributed by atoms with van der Waals surface area (Å²) >= 11 is 7.32. The number of hydrogen-bond acceptors (Lipinski definition) is 4. The van der Waals surface area contributed by atoms with Crippen LogP contribution in [0.5, 0.6) is 0 Å². The van der Waals surface area contributed by atoms with Crippen molar-refractivity contribution in [1.82, 2.24) is 14.8 Å². The van der Waals surface area contributed by atoms with E-state index < -0.39 is 0 Å². The molecule has 1 aromatic heterocycles. The maximum atomic E-state index is 12.3. The summed E-state index contributed by atoms with van der Waals surface area (Å²) in [5.74, 6) is 0.117. The molecule has 0 unspecified atom stereocenters. The van der Waals surface area contributed by atoms with Crippen molar-refractivity contribution in [3.8, 4) is 5.69 Å². The first-order valence-electron chi connectivity index (χ1n) is 7.69. The van der Waals surface area contributed by atoms with Crippen LogP contribution in [-0.4, -0.2) is 26.4 Å². The van der Waals surface area contributed by atoms with Crippen molar-refractivity contribution >= 4 is 35.0 Å². The Morgan fingerprint density at radius 2 is 2.00 bits per heavy atom. The molecule has 0 fully saturated rings. The molecule has 128 valence electrons. The lowest BCUT2D eigenvalue weighted by Crippen LogP contribution is -2.15. The molecule has 0 bridgehead atoms. The molecule has 1 N–H and O–H groups in total. The van der Waals surface area contributed by atoms with Gasteiger partial charge in [-0.1, -0.05) is 47.6 Å². The molecule has 7 heteroatoms. The number of aryl methyl sites for hydroxylation is 2. The lowest BCUT2D eigenvalue weighted by atomic mass is 10.2. The van der Waals surface area contributed by atoms with E-state index in [-0.39, 0.29) is 11.7 Å². The van der Waals surface area contributed by atoms with Crippen LogP contribution in [-0.2, 0) is 4.79 Å². The standard InChI is InChI=1S/C18H17ClN4OS/c1-12-7-8-14(19)9-15(12)21-17(24)10-25-18-22-20-11-23(18)16-6-4-3-5-13(16)2/h3-9,11H,10H2,1-2H3,(H,21,24). The molecule has 2 aromatic carbocycles. The van der Waals surface area contributed by atoms with Crippen LogP contribution in [0.4, 0.5) is 5.69 Å². The van der Waals surface area contributed by atoms with E-state index in [1.54, 1.807) is 18.5 Å². The number of thioether (sulfide) groups is 1. The van der Waals surface area contributed by atoms with Crippen LogP contribution in [0.3, 0.4) is 0 Å². The molecule has 25 heavy (non-hydrogen) atoms. The monoisotopic (exact) mass is 372 g/mol. The molecule has 3 rings (SSSR count). The Labute approximate surface area is 155 Å². The second-order valence-electron chi connectivity index (χ2n) is 5.57. The zero-order valence-electron chi connectivity index (χ0n) is 13.9. The van der Waals surface area contributed by atoms with Gasteiger partial charge in [0.2, 0.25) is 5.91 Å². The van der Waals surface area contributed by atoms with Gasteiger partial charge in [-0.3, -0.25) is 9.36 Å². The van der Waals surface area contributed by atoms with E-state index in [1.807, 2.05) is 48.7 Å². The molecule has 0 spiro atoms. The van der Waals surface area contributed by atoms with Crippen LogP contribution >= 0.6 is 23.4 Å². The van der Waals surface area contributed by atoms with Gasteiger partial charge in [0.1, 0.15) is 6.33 Å². The van der Waals surface area contributed by atoms with Crippen molar-refractivity contribution in [3.63, 3.8) is 0 Å². The van der Waals surface area contributed by atoms with Crippen molar-refractivity contribution in [3.05, 3.63) is 64.9 Å². The highest BCUT2D eigenvalue weighted by Crippen LogP contribution is 2.23. The maximum absolute atomic E-state index is 12.3. The van der Waals surface area contributed by atoms with Gasteiger partial charge in [-0.05, 0) is 43.2 Å². The van der Waals surface area contributed by atoms with Gasteiger partial charge < -0.3 is 5.32 Å². The van der Waals surface area contributed by atoms with Gasteiger partial charge in [0, 0.05) is 10.7 Å². The molecule has 0 aliphatic heterocycles. The molecule has 0 radical (unpaired) electrons. The number of halogens is 1. The third kappa shape index (κ3) is 4.21. The Balaban J connectivity index is 1.69. The minimum atomic E-state index is -0.116. The van der Waals surface area contributed by atoms with Crippen molar-refractivity contribution in [2.45, 2.75) is 19.0 Å². The molecule has 5 nitrogen and oxygen atoms in total. The quantitative estimate of drug-likeness (QED) is 0.679. The highest BCUT2D eigenvalue weighted by Gasteiger charge is 2.12. The number of amides is 1. The van der Waals surface area contributed by atoms with E-state index in [2.05, 4.69) is 15.5 Å². The van der Waals surface area contributed by atoms with Gasteiger partial charge in [0.05, 0.1) is 11.4 Å².